The van der Waals surface area contributed by atoms with Gasteiger partial charge in [0.05, 0.1) is 17.9 Å². The van der Waals surface area contributed by atoms with Crippen LogP contribution in [0.3, 0.4) is 0 Å². The van der Waals surface area contributed by atoms with E-state index in [1.807, 2.05) is 19.2 Å². The largest absolute Gasteiger partial charge is 0.356 e. The molecule has 0 radical (unpaired) electrons. The monoisotopic (exact) mass is 328 g/mol. The van der Waals surface area contributed by atoms with Gasteiger partial charge < -0.3 is 15.5 Å². The molecular formula is C17H24N6O. The van der Waals surface area contributed by atoms with E-state index in [0.717, 1.165) is 48.7 Å². The zero-order valence-corrected chi connectivity index (χ0v) is 14.0. The van der Waals surface area contributed by atoms with Crippen LogP contribution < -0.4 is 15.5 Å². The number of urea groups is 1. The summed E-state index contributed by atoms with van der Waals surface area (Å²) < 4.78 is 0. The van der Waals surface area contributed by atoms with Crippen molar-refractivity contribution >= 4 is 11.8 Å². The van der Waals surface area contributed by atoms with Gasteiger partial charge in [-0.2, -0.15) is 5.10 Å². The molecule has 0 unspecified atom stereocenters. The fourth-order valence-corrected chi connectivity index (χ4v) is 2.54. The average molecular weight is 328 g/mol. The van der Waals surface area contributed by atoms with E-state index in [4.69, 9.17) is 0 Å². The van der Waals surface area contributed by atoms with Crippen LogP contribution in [0.25, 0.3) is 0 Å². The molecule has 0 atom stereocenters. The Labute approximate surface area is 141 Å². The average Bonchev–Trinajstić information content (AvgIpc) is 3.01. The van der Waals surface area contributed by atoms with Crippen molar-refractivity contribution in [3.05, 3.63) is 41.3 Å². The van der Waals surface area contributed by atoms with Gasteiger partial charge in [0.2, 0.25) is 0 Å². The number of aromatic nitrogens is 3. The van der Waals surface area contributed by atoms with E-state index in [2.05, 4.69) is 42.8 Å². The number of carbonyl (C=O) groups excluding carboxylic acids is 1. The highest BCUT2D eigenvalue weighted by atomic mass is 16.2. The van der Waals surface area contributed by atoms with Gasteiger partial charge in [-0.25, -0.2) is 9.78 Å². The molecule has 3 N–H and O–H groups in total. The van der Waals surface area contributed by atoms with E-state index in [1.54, 1.807) is 0 Å². The minimum absolute atomic E-state index is 0.173. The third-order valence-electron chi connectivity index (χ3n) is 4.17. The second-order valence-electron chi connectivity index (χ2n) is 5.96. The number of nitrogens with one attached hydrogen (secondary N) is 3. The molecule has 24 heavy (non-hydrogen) atoms. The summed E-state index contributed by atoms with van der Waals surface area (Å²) >= 11 is 0. The molecular weight excluding hydrogens is 304 g/mol. The number of amides is 2. The highest BCUT2D eigenvalue weighted by Crippen LogP contribution is 2.17. The smallest absolute Gasteiger partial charge is 0.315 e. The number of pyridine rings is 1. The molecule has 1 saturated heterocycles. The summed E-state index contributed by atoms with van der Waals surface area (Å²) in [6.45, 7) is 5.28. The van der Waals surface area contributed by atoms with Crippen LogP contribution >= 0.6 is 0 Å². The van der Waals surface area contributed by atoms with Crippen molar-refractivity contribution in [3.8, 4) is 0 Å². The Morgan fingerprint density at radius 2 is 2.21 bits per heavy atom. The predicted octanol–water partition coefficient (Wildman–Crippen LogP) is 1.62. The van der Waals surface area contributed by atoms with Gasteiger partial charge in [-0.05, 0) is 37.0 Å². The summed E-state index contributed by atoms with van der Waals surface area (Å²) in [4.78, 5) is 18.5. The number of H-pyrrole nitrogens is 1. The Bertz CT molecular complexity index is 662. The molecule has 7 heteroatoms. The highest BCUT2D eigenvalue weighted by Gasteiger charge is 2.14. The lowest BCUT2D eigenvalue weighted by Gasteiger charge is -2.31. The van der Waals surface area contributed by atoms with Gasteiger partial charge in [0.25, 0.3) is 0 Å². The second-order valence-corrected chi connectivity index (χ2v) is 5.96. The van der Waals surface area contributed by atoms with Crippen molar-refractivity contribution in [1.29, 1.82) is 0 Å². The van der Waals surface area contributed by atoms with Crippen molar-refractivity contribution in [2.75, 3.05) is 24.5 Å². The Morgan fingerprint density at radius 1 is 1.33 bits per heavy atom. The van der Waals surface area contributed by atoms with Crippen LogP contribution in [0.5, 0.6) is 0 Å². The van der Waals surface area contributed by atoms with Gasteiger partial charge in [-0.15, -0.1) is 0 Å². The molecule has 0 saturated carbocycles. The number of aryl methyl sites for hydroxylation is 1. The van der Waals surface area contributed by atoms with Crippen LogP contribution in [0.1, 0.15) is 30.3 Å². The number of carbonyl (C=O) groups is 1. The second kappa shape index (κ2) is 7.81. The van der Waals surface area contributed by atoms with Crippen molar-refractivity contribution < 1.29 is 4.79 Å². The van der Waals surface area contributed by atoms with E-state index < -0.39 is 0 Å². The minimum atomic E-state index is -0.173. The van der Waals surface area contributed by atoms with E-state index in [0.29, 0.717) is 13.1 Å². The molecule has 1 aliphatic heterocycles. The van der Waals surface area contributed by atoms with Gasteiger partial charge in [0, 0.05) is 25.8 Å². The summed E-state index contributed by atoms with van der Waals surface area (Å²) in [6, 6.07) is 5.92. The fraction of sp³-hybridized carbons (Fsp3) is 0.471. The van der Waals surface area contributed by atoms with Crippen molar-refractivity contribution in [2.45, 2.75) is 32.7 Å². The molecule has 0 aliphatic carbocycles. The highest BCUT2D eigenvalue weighted by molar-refractivity contribution is 5.73. The van der Waals surface area contributed by atoms with Crippen LogP contribution in [0.4, 0.5) is 10.6 Å². The zero-order chi connectivity index (χ0) is 16.8. The molecule has 1 fully saturated rings. The molecule has 2 aromatic heterocycles. The quantitative estimate of drug-likeness (QED) is 0.721. The molecule has 0 bridgehead atoms. The molecule has 0 aromatic carbocycles. The summed E-state index contributed by atoms with van der Waals surface area (Å²) in [5, 5.41) is 12.7. The van der Waals surface area contributed by atoms with Gasteiger partial charge >= 0.3 is 6.03 Å². The lowest BCUT2D eigenvalue weighted by atomic mass is 10.2. The van der Waals surface area contributed by atoms with Crippen LogP contribution in [0, 0.1) is 0 Å². The topological polar surface area (TPSA) is 85.9 Å². The summed E-state index contributed by atoms with van der Waals surface area (Å²) in [5.41, 5.74) is 3.04. The fourth-order valence-electron chi connectivity index (χ4n) is 2.54. The van der Waals surface area contributed by atoms with E-state index in [-0.39, 0.29) is 6.03 Å². The van der Waals surface area contributed by atoms with E-state index >= 15 is 0 Å². The molecule has 7 nitrogen and oxygen atoms in total. The Hall–Kier alpha value is -2.57. The zero-order valence-electron chi connectivity index (χ0n) is 14.0. The SMILES string of the molecule is CCc1cc(CNC(=O)NCCc2ccc(N3CCC3)nc2)[nH]n1. The number of aromatic amines is 1. The van der Waals surface area contributed by atoms with Gasteiger partial charge in [-0.1, -0.05) is 13.0 Å². The standard InChI is InChI=1S/C17H24N6O/c1-2-14-10-15(22-21-14)12-20-17(24)18-7-6-13-4-5-16(19-11-13)23-8-3-9-23/h4-5,10-11H,2-3,6-9,12H2,1H3,(H,21,22)(H2,18,20,24). The maximum atomic E-state index is 11.8. The molecule has 3 heterocycles. The van der Waals surface area contributed by atoms with Crippen LogP contribution in [-0.4, -0.2) is 40.8 Å². The van der Waals surface area contributed by atoms with Crippen molar-refractivity contribution in [2.24, 2.45) is 0 Å². The van der Waals surface area contributed by atoms with Crippen LogP contribution in [-0.2, 0) is 19.4 Å². The minimum Gasteiger partial charge on any atom is -0.356 e. The molecule has 0 spiro atoms. The third kappa shape index (κ3) is 4.24. The lowest BCUT2D eigenvalue weighted by molar-refractivity contribution is 0.240. The number of anilines is 1. The first kappa shape index (κ1) is 16.3. The maximum absolute atomic E-state index is 11.8. The molecule has 2 aromatic rings. The van der Waals surface area contributed by atoms with Crippen molar-refractivity contribution in [1.82, 2.24) is 25.8 Å². The van der Waals surface area contributed by atoms with Crippen molar-refractivity contribution in [3.63, 3.8) is 0 Å². The predicted molar refractivity (Wildman–Crippen MR) is 93.0 cm³/mol. The Morgan fingerprint density at radius 3 is 2.83 bits per heavy atom. The number of rotatable bonds is 7. The van der Waals surface area contributed by atoms with Crippen LogP contribution in [0.15, 0.2) is 24.4 Å². The van der Waals surface area contributed by atoms with Gasteiger partial charge in [0.1, 0.15) is 5.82 Å². The Kier molecular flexibility index (Phi) is 5.30. The molecule has 3 rings (SSSR count). The first-order valence-corrected chi connectivity index (χ1v) is 8.49. The van der Waals surface area contributed by atoms with Crippen LogP contribution in [0.2, 0.25) is 0 Å². The first-order chi connectivity index (χ1) is 11.7. The molecule has 2 amide bonds. The van der Waals surface area contributed by atoms with E-state index in [1.165, 1.54) is 6.42 Å². The molecule has 1 aliphatic rings. The number of hydrogen-bond acceptors (Lipinski definition) is 4. The lowest BCUT2D eigenvalue weighted by Crippen LogP contribution is -2.37. The summed E-state index contributed by atoms with van der Waals surface area (Å²) in [7, 11) is 0. The Balaban J connectivity index is 1.35. The first-order valence-electron chi connectivity index (χ1n) is 8.49. The maximum Gasteiger partial charge on any atom is 0.315 e. The number of hydrogen-bond donors (Lipinski definition) is 3. The van der Waals surface area contributed by atoms with E-state index in [9.17, 15) is 4.79 Å². The summed E-state index contributed by atoms with van der Waals surface area (Å²) in [5.74, 6) is 1.04. The number of nitrogens with zero attached hydrogens (tertiary/aromatic N) is 3. The van der Waals surface area contributed by atoms with Gasteiger partial charge in [0.15, 0.2) is 0 Å². The molecule has 128 valence electrons. The van der Waals surface area contributed by atoms with Gasteiger partial charge in [-0.3, -0.25) is 5.10 Å². The summed E-state index contributed by atoms with van der Waals surface area (Å²) in [6.07, 6.45) is 4.79. The normalized spacial score (nSPS) is 13.5. The third-order valence-corrected chi connectivity index (χ3v) is 4.17.